The van der Waals surface area contributed by atoms with Crippen molar-refractivity contribution in [3.63, 3.8) is 0 Å². The second kappa shape index (κ2) is 5.35. The van der Waals surface area contributed by atoms with Gasteiger partial charge in [0, 0.05) is 25.7 Å². The van der Waals surface area contributed by atoms with Crippen molar-refractivity contribution in [3.8, 4) is 0 Å². The van der Waals surface area contributed by atoms with Gasteiger partial charge in [-0.2, -0.15) is 4.31 Å². The van der Waals surface area contributed by atoms with E-state index in [-0.39, 0.29) is 21.0 Å². The molecule has 0 unspecified atom stereocenters. The molecule has 1 atom stereocenters. The first kappa shape index (κ1) is 14.1. The number of benzene rings is 1. The average Bonchev–Trinajstić information content (AvgIpc) is 2.32. The molecule has 1 aliphatic heterocycles. The number of piperazine rings is 1. The summed E-state index contributed by atoms with van der Waals surface area (Å²) >= 11 is 11.8. The maximum absolute atomic E-state index is 12.5. The summed E-state index contributed by atoms with van der Waals surface area (Å²) in [5.74, 6) is 0. The van der Waals surface area contributed by atoms with Crippen molar-refractivity contribution in [1.82, 2.24) is 9.62 Å². The van der Waals surface area contributed by atoms with E-state index in [0.29, 0.717) is 19.6 Å². The molecule has 0 aromatic heterocycles. The van der Waals surface area contributed by atoms with E-state index in [0.717, 1.165) is 0 Å². The number of halogens is 2. The highest BCUT2D eigenvalue weighted by atomic mass is 35.5. The molecule has 1 fully saturated rings. The van der Waals surface area contributed by atoms with Crippen LogP contribution in [0.25, 0.3) is 0 Å². The van der Waals surface area contributed by atoms with Crippen LogP contribution in [0.1, 0.15) is 6.92 Å². The molecule has 2 rings (SSSR count). The van der Waals surface area contributed by atoms with Crippen LogP contribution in [0.15, 0.2) is 23.1 Å². The van der Waals surface area contributed by atoms with Gasteiger partial charge in [-0.15, -0.1) is 0 Å². The van der Waals surface area contributed by atoms with Crippen molar-refractivity contribution in [2.24, 2.45) is 0 Å². The van der Waals surface area contributed by atoms with Crippen molar-refractivity contribution in [2.45, 2.75) is 17.9 Å². The molecule has 100 valence electrons. The Labute approximate surface area is 117 Å². The van der Waals surface area contributed by atoms with Crippen molar-refractivity contribution in [2.75, 3.05) is 19.6 Å². The summed E-state index contributed by atoms with van der Waals surface area (Å²) in [5, 5.41) is 3.54. The van der Waals surface area contributed by atoms with Crippen LogP contribution >= 0.6 is 23.2 Å². The van der Waals surface area contributed by atoms with E-state index in [4.69, 9.17) is 23.2 Å². The lowest BCUT2D eigenvalue weighted by Crippen LogP contribution is -2.51. The van der Waals surface area contributed by atoms with Crippen LogP contribution < -0.4 is 5.32 Å². The molecule has 1 N–H and O–H groups in total. The van der Waals surface area contributed by atoms with Crippen molar-refractivity contribution >= 4 is 33.2 Å². The monoisotopic (exact) mass is 308 g/mol. The van der Waals surface area contributed by atoms with Gasteiger partial charge in [0.1, 0.15) is 4.90 Å². The van der Waals surface area contributed by atoms with Crippen LogP contribution in [-0.4, -0.2) is 38.4 Å². The molecule has 0 spiro atoms. The Morgan fingerprint density at radius 3 is 2.78 bits per heavy atom. The second-order valence-corrected chi connectivity index (χ2v) is 6.96. The van der Waals surface area contributed by atoms with Gasteiger partial charge in [0.15, 0.2) is 0 Å². The Balaban J connectivity index is 2.39. The third-order valence-corrected chi connectivity index (χ3v) is 5.70. The van der Waals surface area contributed by atoms with E-state index in [2.05, 4.69) is 5.32 Å². The molecule has 1 aliphatic rings. The zero-order valence-electron chi connectivity index (χ0n) is 9.86. The molecule has 1 aromatic rings. The van der Waals surface area contributed by atoms with Crippen molar-refractivity contribution < 1.29 is 8.42 Å². The van der Waals surface area contributed by atoms with E-state index in [1.165, 1.54) is 10.4 Å². The number of hydrogen-bond donors (Lipinski definition) is 1. The van der Waals surface area contributed by atoms with E-state index < -0.39 is 10.0 Å². The fraction of sp³-hybridized carbons (Fsp3) is 0.455. The molecule has 0 aliphatic carbocycles. The summed E-state index contributed by atoms with van der Waals surface area (Å²) in [6.07, 6.45) is 0. The zero-order valence-corrected chi connectivity index (χ0v) is 12.2. The van der Waals surface area contributed by atoms with Crippen LogP contribution in [0, 0.1) is 0 Å². The van der Waals surface area contributed by atoms with Gasteiger partial charge in [0.25, 0.3) is 0 Å². The fourth-order valence-electron chi connectivity index (χ4n) is 1.94. The molecule has 18 heavy (non-hydrogen) atoms. The van der Waals surface area contributed by atoms with Crippen molar-refractivity contribution in [3.05, 3.63) is 28.2 Å². The first-order valence-electron chi connectivity index (χ1n) is 5.60. The Morgan fingerprint density at radius 2 is 2.11 bits per heavy atom. The minimum atomic E-state index is -3.57. The Hall–Kier alpha value is -0.330. The minimum Gasteiger partial charge on any atom is -0.312 e. The molecule has 0 saturated carbocycles. The van der Waals surface area contributed by atoms with E-state index in [1.54, 1.807) is 12.1 Å². The topological polar surface area (TPSA) is 49.4 Å². The minimum absolute atomic E-state index is 0.0748. The van der Waals surface area contributed by atoms with Crippen LogP contribution in [-0.2, 0) is 10.0 Å². The third-order valence-electron chi connectivity index (χ3n) is 2.87. The number of nitrogens with one attached hydrogen (secondary N) is 1. The van der Waals surface area contributed by atoms with E-state index in [1.807, 2.05) is 6.92 Å². The second-order valence-electron chi connectivity index (χ2n) is 4.27. The van der Waals surface area contributed by atoms with Gasteiger partial charge in [-0.1, -0.05) is 29.3 Å². The molecular formula is C11H14Cl2N2O2S. The van der Waals surface area contributed by atoms with Gasteiger partial charge in [0.05, 0.1) is 10.0 Å². The van der Waals surface area contributed by atoms with Gasteiger partial charge in [0.2, 0.25) is 10.0 Å². The van der Waals surface area contributed by atoms with Gasteiger partial charge < -0.3 is 5.32 Å². The number of nitrogens with zero attached hydrogens (tertiary/aromatic N) is 1. The largest absolute Gasteiger partial charge is 0.312 e. The molecule has 1 heterocycles. The maximum atomic E-state index is 12.5. The summed E-state index contributed by atoms with van der Waals surface area (Å²) in [4.78, 5) is 0.0748. The average molecular weight is 309 g/mol. The quantitative estimate of drug-likeness (QED) is 0.909. The first-order chi connectivity index (χ1) is 8.43. The van der Waals surface area contributed by atoms with Crippen LogP contribution in [0.4, 0.5) is 0 Å². The molecule has 7 heteroatoms. The van der Waals surface area contributed by atoms with Gasteiger partial charge in [-0.3, -0.25) is 0 Å². The highest BCUT2D eigenvalue weighted by molar-refractivity contribution is 7.89. The highest BCUT2D eigenvalue weighted by Crippen LogP contribution is 2.31. The molecule has 0 radical (unpaired) electrons. The SMILES string of the molecule is C[C@@H]1CN(S(=O)(=O)c2cccc(Cl)c2Cl)CCN1. The van der Waals surface area contributed by atoms with Crippen LogP contribution in [0.2, 0.25) is 10.0 Å². The van der Waals surface area contributed by atoms with Crippen molar-refractivity contribution in [1.29, 1.82) is 0 Å². The van der Waals surface area contributed by atoms with Gasteiger partial charge in [-0.25, -0.2) is 8.42 Å². The lowest BCUT2D eigenvalue weighted by molar-refractivity contribution is 0.310. The molecular weight excluding hydrogens is 295 g/mol. The lowest BCUT2D eigenvalue weighted by atomic mass is 10.3. The normalized spacial score (nSPS) is 22.1. The lowest BCUT2D eigenvalue weighted by Gasteiger charge is -2.31. The van der Waals surface area contributed by atoms with Crippen LogP contribution in [0.5, 0.6) is 0 Å². The summed E-state index contributed by atoms with van der Waals surface area (Å²) < 4.78 is 26.4. The summed E-state index contributed by atoms with van der Waals surface area (Å²) in [6, 6.07) is 4.78. The number of sulfonamides is 1. The molecule has 1 saturated heterocycles. The molecule has 0 amide bonds. The smallest absolute Gasteiger partial charge is 0.244 e. The highest BCUT2D eigenvalue weighted by Gasteiger charge is 2.30. The Kier molecular flexibility index (Phi) is 4.18. The van der Waals surface area contributed by atoms with Gasteiger partial charge in [-0.05, 0) is 19.1 Å². The van der Waals surface area contributed by atoms with Crippen LogP contribution in [0.3, 0.4) is 0 Å². The predicted octanol–water partition coefficient (Wildman–Crippen LogP) is 1.98. The van der Waals surface area contributed by atoms with E-state index in [9.17, 15) is 8.42 Å². The number of hydrogen-bond acceptors (Lipinski definition) is 3. The Morgan fingerprint density at radius 1 is 1.39 bits per heavy atom. The summed E-state index contributed by atoms with van der Waals surface area (Å²) in [6.45, 7) is 3.46. The standard InChI is InChI=1S/C11H14Cl2N2O2S/c1-8-7-15(6-5-14-8)18(16,17)10-4-2-3-9(12)11(10)13/h2-4,8,14H,5-7H2,1H3/t8-/m1/s1. The number of rotatable bonds is 2. The van der Waals surface area contributed by atoms with Gasteiger partial charge >= 0.3 is 0 Å². The zero-order chi connectivity index (χ0) is 13.3. The Bertz CT molecular complexity index is 548. The molecule has 0 bridgehead atoms. The molecule has 4 nitrogen and oxygen atoms in total. The predicted molar refractivity (Wildman–Crippen MR) is 72.7 cm³/mol. The van der Waals surface area contributed by atoms with E-state index >= 15 is 0 Å². The summed E-state index contributed by atoms with van der Waals surface area (Å²) in [5.41, 5.74) is 0. The molecule has 1 aromatic carbocycles. The summed E-state index contributed by atoms with van der Waals surface area (Å²) in [7, 11) is -3.57. The fourth-order valence-corrected chi connectivity index (χ4v) is 4.20. The first-order valence-corrected chi connectivity index (χ1v) is 7.80. The third kappa shape index (κ3) is 2.65. The maximum Gasteiger partial charge on any atom is 0.244 e.